The summed E-state index contributed by atoms with van der Waals surface area (Å²) in [5, 5.41) is 16.3. The molecule has 0 radical (unpaired) electrons. The number of rotatable bonds is 4. The first-order valence-corrected chi connectivity index (χ1v) is 4.31. The van der Waals surface area contributed by atoms with E-state index < -0.39 is 18.0 Å². The molecular weight excluding hydrogens is 379 g/mol. The summed E-state index contributed by atoms with van der Waals surface area (Å²) in [6.07, 6.45) is -0.224. The molecule has 6 nitrogen and oxygen atoms in total. The number of carbonyl (C=O) groups is 2. The van der Waals surface area contributed by atoms with Crippen LogP contribution in [0.1, 0.15) is 12.8 Å². The fraction of sp³-hybridized carbons (Fsp3) is 0.500. The van der Waals surface area contributed by atoms with Crippen LogP contribution in [-0.4, -0.2) is 32.5 Å². The van der Waals surface area contributed by atoms with Crippen molar-refractivity contribution in [3.05, 3.63) is 0 Å². The predicted octanol–water partition coefficient (Wildman–Crippen LogP) is -0.577. The summed E-state index contributed by atoms with van der Waals surface area (Å²) < 4.78 is 0.194. The number of thiol groups is 1. The Bertz CT molecular complexity index is 223. The van der Waals surface area contributed by atoms with Crippen LogP contribution in [0.4, 0.5) is 0 Å². The largest absolute Gasteiger partial charge is 0.481 e. The van der Waals surface area contributed by atoms with E-state index in [2.05, 4.69) is 24.8 Å². The van der Waals surface area contributed by atoms with Crippen LogP contribution in [0.25, 0.3) is 0 Å². The molecule has 0 aromatic rings. The van der Waals surface area contributed by atoms with Crippen LogP contribution in [0.15, 0.2) is 0 Å². The first kappa shape index (κ1) is 20.8. The zero-order valence-electron chi connectivity index (χ0n) is 7.62. The third kappa shape index (κ3) is 25.1. The van der Waals surface area contributed by atoms with Crippen molar-refractivity contribution in [2.24, 2.45) is 11.5 Å². The fourth-order valence-electron chi connectivity index (χ4n) is 0.402. The normalized spacial score (nSPS) is 10.0. The fourth-order valence-corrected chi connectivity index (χ4v) is 0.402. The van der Waals surface area contributed by atoms with Crippen molar-refractivity contribution in [1.29, 1.82) is 0 Å². The molecule has 0 amide bonds. The third-order valence-corrected chi connectivity index (χ3v) is 0.986. The van der Waals surface area contributed by atoms with Gasteiger partial charge in [-0.1, -0.05) is 12.2 Å². The van der Waals surface area contributed by atoms with Crippen molar-refractivity contribution in [2.75, 3.05) is 0 Å². The van der Waals surface area contributed by atoms with Gasteiger partial charge >= 0.3 is 11.9 Å². The SMILES string of the molecule is NC(=S)S.NC(CCC(=O)O)C(=O)O.[Sm]. The molecule has 9 heteroatoms. The number of nitrogens with two attached hydrogens (primary N) is 2. The van der Waals surface area contributed by atoms with Crippen molar-refractivity contribution in [3.8, 4) is 0 Å². The summed E-state index contributed by atoms with van der Waals surface area (Å²) in [5.74, 6) is -2.20. The van der Waals surface area contributed by atoms with E-state index in [1.54, 1.807) is 0 Å². The van der Waals surface area contributed by atoms with Gasteiger partial charge in [0.25, 0.3) is 0 Å². The molecule has 0 spiro atoms. The molecule has 15 heavy (non-hydrogen) atoms. The van der Waals surface area contributed by atoms with Crippen LogP contribution >= 0.6 is 24.8 Å². The summed E-state index contributed by atoms with van der Waals surface area (Å²) in [4.78, 5) is 19.9. The third-order valence-electron chi connectivity index (χ3n) is 0.986. The van der Waals surface area contributed by atoms with Crippen LogP contribution in [0.2, 0.25) is 0 Å². The van der Waals surface area contributed by atoms with E-state index in [0.29, 0.717) is 0 Å². The number of hydrogen-bond donors (Lipinski definition) is 5. The molecule has 0 bridgehead atoms. The number of thiocarbonyl (C=S) groups is 1. The summed E-state index contributed by atoms with van der Waals surface area (Å²) in [7, 11) is 0. The topological polar surface area (TPSA) is 127 Å². The van der Waals surface area contributed by atoms with Gasteiger partial charge in [-0.15, -0.1) is 12.6 Å². The Morgan fingerprint density at radius 2 is 1.73 bits per heavy atom. The molecule has 0 rings (SSSR count). The molecule has 0 saturated heterocycles. The smallest absolute Gasteiger partial charge is 0.320 e. The van der Waals surface area contributed by atoms with E-state index in [9.17, 15) is 9.59 Å². The van der Waals surface area contributed by atoms with Gasteiger partial charge in [-0.3, -0.25) is 9.59 Å². The van der Waals surface area contributed by atoms with E-state index in [0.717, 1.165) is 0 Å². The van der Waals surface area contributed by atoms with Gasteiger partial charge in [0, 0.05) is 46.8 Å². The van der Waals surface area contributed by atoms with Crippen molar-refractivity contribution in [3.63, 3.8) is 0 Å². The molecule has 0 heterocycles. The van der Waals surface area contributed by atoms with Gasteiger partial charge < -0.3 is 21.7 Å². The standard InChI is InChI=1S/C5H9NO4.CH3NS2.Sm/c6-3(5(9)10)1-2-4(7)8;2-1(3)4;/h3H,1-2,6H2,(H,7,8)(H,9,10);(H3,2,3,4);. The molecule has 0 aromatic heterocycles. The average Bonchev–Trinajstić information content (AvgIpc) is 1.98. The first-order chi connectivity index (χ1) is 6.27. The maximum Gasteiger partial charge on any atom is 0.320 e. The molecule has 0 aliphatic rings. The summed E-state index contributed by atoms with van der Waals surface area (Å²) in [6.45, 7) is 0. The van der Waals surface area contributed by atoms with Gasteiger partial charge in [0.05, 0.1) is 0 Å². The zero-order valence-corrected chi connectivity index (χ0v) is 12.0. The van der Waals surface area contributed by atoms with Crippen LogP contribution < -0.4 is 11.5 Å². The van der Waals surface area contributed by atoms with E-state index >= 15 is 0 Å². The maximum absolute atomic E-state index is 9.99. The maximum atomic E-state index is 9.99. The Labute approximate surface area is 130 Å². The van der Waals surface area contributed by atoms with E-state index in [-0.39, 0.29) is 57.6 Å². The minimum Gasteiger partial charge on any atom is -0.481 e. The van der Waals surface area contributed by atoms with Gasteiger partial charge in [-0.25, -0.2) is 0 Å². The van der Waals surface area contributed by atoms with Gasteiger partial charge in [0.15, 0.2) is 0 Å². The van der Waals surface area contributed by atoms with Crippen LogP contribution in [0, 0.1) is 40.4 Å². The molecule has 88 valence electrons. The molecule has 0 aliphatic carbocycles. The Hall–Kier alpha value is 0.478. The van der Waals surface area contributed by atoms with Gasteiger partial charge in [-0.2, -0.15) is 0 Å². The second-order valence-electron chi connectivity index (χ2n) is 2.22. The van der Waals surface area contributed by atoms with Crippen molar-refractivity contribution in [1.82, 2.24) is 0 Å². The van der Waals surface area contributed by atoms with E-state index in [1.165, 1.54) is 0 Å². The number of aliphatic carboxylic acids is 2. The zero-order chi connectivity index (χ0) is 11.7. The van der Waals surface area contributed by atoms with Crippen LogP contribution in [0.5, 0.6) is 0 Å². The first-order valence-electron chi connectivity index (χ1n) is 3.46. The minimum absolute atomic E-state index is 0. The van der Waals surface area contributed by atoms with Gasteiger partial charge in [-0.05, 0) is 6.42 Å². The molecule has 0 aliphatic heterocycles. The number of carboxylic acids is 2. The molecular formula is C6H12N2O4S2Sm. The number of hydrogen-bond acceptors (Lipinski definition) is 4. The molecule has 0 saturated carbocycles. The average molecular weight is 391 g/mol. The summed E-state index contributed by atoms with van der Waals surface area (Å²) in [6, 6.07) is -1.06. The van der Waals surface area contributed by atoms with E-state index in [4.69, 9.17) is 21.7 Å². The summed E-state index contributed by atoms with van der Waals surface area (Å²) in [5.41, 5.74) is 9.71. The monoisotopic (exact) mass is 392 g/mol. The minimum atomic E-state index is -1.17. The van der Waals surface area contributed by atoms with Crippen molar-refractivity contribution in [2.45, 2.75) is 18.9 Å². The molecule has 6 N–H and O–H groups in total. The molecule has 1 unspecified atom stereocenters. The molecule has 1 atom stereocenters. The van der Waals surface area contributed by atoms with Crippen molar-refractivity contribution < 1.29 is 60.2 Å². The summed E-state index contributed by atoms with van der Waals surface area (Å²) >= 11 is 7.65. The Balaban J connectivity index is -0.000000249. The quantitative estimate of drug-likeness (QED) is 0.321. The Kier molecular flexibility index (Phi) is 17.4. The molecule has 0 fully saturated rings. The second-order valence-corrected chi connectivity index (χ2v) is 3.44. The predicted molar refractivity (Wildman–Crippen MR) is 58.3 cm³/mol. The van der Waals surface area contributed by atoms with Crippen LogP contribution in [0.3, 0.4) is 0 Å². The second kappa shape index (κ2) is 12.5. The Morgan fingerprint density at radius 3 is 1.93 bits per heavy atom. The molecule has 0 aromatic carbocycles. The Morgan fingerprint density at radius 1 is 1.40 bits per heavy atom. The number of carboxylic acid groups (broad SMARTS) is 2. The van der Waals surface area contributed by atoms with Crippen LogP contribution in [-0.2, 0) is 9.59 Å². The van der Waals surface area contributed by atoms with E-state index in [1.807, 2.05) is 0 Å². The van der Waals surface area contributed by atoms with Crippen molar-refractivity contribution >= 4 is 41.1 Å². The van der Waals surface area contributed by atoms with Gasteiger partial charge in [0.2, 0.25) is 0 Å². The van der Waals surface area contributed by atoms with Gasteiger partial charge in [0.1, 0.15) is 10.4 Å².